The lowest BCUT2D eigenvalue weighted by Crippen LogP contribution is -2.56. The van der Waals surface area contributed by atoms with E-state index < -0.39 is 5.41 Å². The largest absolute Gasteiger partial charge is 0.496 e. The van der Waals surface area contributed by atoms with E-state index in [9.17, 15) is 4.79 Å². The summed E-state index contributed by atoms with van der Waals surface area (Å²) in [6.45, 7) is 9.62. The van der Waals surface area contributed by atoms with E-state index in [0.717, 1.165) is 24.3 Å². The number of ether oxygens (including phenoxy) is 1. The van der Waals surface area contributed by atoms with Crippen molar-refractivity contribution in [3.8, 4) is 5.75 Å². The van der Waals surface area contributed by atoms with Gasteiger partial charge in [0.1, 0.15) is 5.75 Å². The molecule has 0 radical (unpaired) electrons. The lowest BCUT2D eigenvalue weighted by Gasteiger charge is -2.45. The van der Waals surface area contributed by atoms with Crippen molar-refractivity contribution in [1.29, 1.82) is 0 Å². The molecule has 1 aliphatic rings. The number of para-hydroxylation sites is 1. The van der Waals surface area contributed by atoms with Gasteiger partial charge < -0.3 is 15.4 Å². The van der Waals surface area contributed by atoms with Crippen LogP contribution in [0.15, 0.2) is 24.3 Å². The fourth-order valence-electron chi connectivity index (χ4n) is 3.22. The quantitative estimate of drug-likeness (QED) is 0.933. The molecule has 22 heavy (non-hydrogen) atoms. The number of hydrogen-bond donors (Lipinski definition) is 1. The molecule has 1 aromatic rings. The smallest absolute Gasteiger partial charge is 0.232 e. The molecule has 0 aromatic heterocycles. The fraction of sp³-hybridized carbons (Fsp3) is 0.611. The van der Waals surface area contributed by atoms with Crippen LogP contribution in [0, 0.1) is 5.41 Å². The van der Waals surface area contributed by atoms with Gasteiger partial charge in [0.15, 0.2) is 0 Å². The Morgan fingerprint density at radius 2 is 2.00 bits per heavy atom. The van der Waals surface area contributed by atoms with Crippen molar-refractivity contribution >= 4 is 5.91 Å². The summed E-state index contributed by atoms with van der Waals surface area (Å²) in [7, 11) is 1.64. The number of carbonyl (C=O) groups excluding carboxylic acids is 1. The second-order valence-corrected chi connectivity index (χ2v) is 7.44. The average molecular weight is 304 g/mol. The molecule has 1 amide bonds. The first kappa shape index (κ1) is 16.8. The third-order valence-corrected chi connectivity index (χ3v) is 4.91. The second kappa shape index (κ2) is 5.92. The van der Waals surface area contributed by atoms with Gasteiger partial charge in [-0.15, -0.1) is 0 Å². The first-order valence-corrected chi connectivity index (χ1v) is 7.88. The summed E-state index contributed by atoms with van der Waals surface area (Å²) < 4.78 is 5.44. The average Bonchev–Trinajstić information content (AvgIpc) is 2.49. The van der Waals surface area contributed by atoms with Gasteiger partial charge in [-0.05, 0) is 31.7 Å². The summed E-state index contributed by atoms with van der Waals surface area (Å²) in [5, 5.41) is 0. The van der Waals surface area contributed by atoms with Crippen molar-refractivity contribution in [3.63, 3.8) is 0 Å². The lowest BCUT2D eigenvalue weighted by atomic mass is 9.77. The minimum atomic E-state index is -0.621. The van der Waals surface area contributed by atoms with Crippen LogP contribution in [0.5, 0.6) is 5.75 Å². The first-order chi connectivity index (χ1) is 10.2. The summed E-state index contributed by atoms with van der Waals surface area (Å²) in [6, 6.07) is 7.89. The van der Waals surface area contributed by atoms with E-state index in [1.807, 2.05) is 43.0 Å². The predicted molar refractivity (Wildman–Crippen MR) is 89.0 cm³/mol. The van der Waals surface area contributed by atoms with Crippen molar-refractivity contribution in [2.45, 2.75) is 45.6 Å². The van der Waals surface area contributed by atoms with Crippen molar-refractivity contribution in [3.05, 3.63) is 29.8 Å². The molecular weight excluding hydrogens is 276 g/mol. The highest BCUT2D eigenvalue weighted by Gasteiger charge is 2.41. The normalized spacial score (nSPS) is 21.5. The maximum atomic E-state index is 13.1. The molecular formula is C18H28N2O2. The number of benzene rings is 1. The van der Waals surface area contributed by atoms with Crippen LogP contribution >= 0.6 is 0 Å². The SMILES string of the molecule is COc1ccccc1C(C)(C)C(=O)N1CCC(N)C(C)(C)C1. The maximum Gasteiger partial charge on any atom is 0.232 e. The minimum Gasteiger partial charge on any atom is -0.496 e. The van der Waals surface area contributed by atoms with E-state index in [2.05, 4.69) is 13.8 Å². The molecule has 2 N–H and O–H groups in total. The molecule has 1 aromatic carbocycles. The first-order valence-electron chi connectivity index (χ1n) is 7.88. The molecule has 0 aliphatic carbocycles. The molecule has 1 aliphatic heterocycles. The second-order valence-electron chi connectivity index (χ2n) is 7.44. The van der Waals surface area contributed by atoms with Crippen LogP contribution in [0.4, 0.5) is 0 Å². The van der Waals surface area contributed by atoms with Gasteiger partial charge in [-0.25, -0.2) is 0 Å². The van der Waals surface area contributed by atoms with Gasteiger partial charge in [-0.3, -0.25) is 4.79 Å². The standard InChI is InChI=1S/C18H28N2O2/c1-17(2)12-20(11-10-15(17)19)16(21)18(3,4)13-8-6-7-9-14(13)22-5/h6-9,15H,10-12,19H2,1-5H3. The summed E-state index contributed by atoms with van der Waals surface area (Å²) >= 11 is 0. The monoisotopic (exact) mass is 304 g/mol. The highest BCUT2D eigenvalue weighted by Crippen LogP contribution is 2.36. The van der Waals surface area contributed by atoms with Crippen molar-refractivity contribution in [2.75, 3.05) is 20.2 Å². The van der Waals surface area contributed by atoms with Gasteiger partial charge in [-0.1, -0.05) is 32.0 Å². The zero-order valence-corrected chi connectivity index (χ0v) is 14.3. The third kappa shape index (κ3) is 2.98. The van der Waals surface area contributed by atoms with Gasteiger partial charge >= 0.3 is 0 Å². The van der Waals surface area contributed by atoms with Crippen LogP contribution in [0.25, 0.3) is 0 Å². The van der Waals surface area contributed by atoms with Gasteiger partial charge in [0.25, 0.3) is 0 Å². The van der Waals surface area contributed by atoms with E-state index in [4.69, 9.17) is 10.5 Å². The number of amides is 1. The molecule has 2 rings (SSSR count). The zero-order valence-electron chi connectivity index (χ0n) is 14.3. The Kier molecular flexibility index (Phi) is 4.52. The number of nitrogens with zero attached hydrogens (tertiary/aromatic N) is 1. The van der Waals surface area contributed by atoms with E-state index in [1.54, 1.807) is 7.11 Å². The Balaban J connectivity index is 2.28. The van der Waals surface area contributed by atoms with Crippen LogP contribution in [0.1, 0.15) is 39.7 Å². The molecule has 0 bridgehead atoms. The lowest BCUT2D eigenvalue weighted by molar-refractivity contribution is -0.139. The van der Waals surface area contributed by atoms with Crippen LogP contribution in [-0.4, -0.2) is 37.0 Å². The Bertz CT molecular complexity index is 552. The molecule has 1 fully saturated rings. The van der Waals surface area contributed by atoms with E-state index in [1.165, 1.54) is 0 Å². The molecule has 1 saturated heterocycles. The van der Waals surface area contributed by atoms with Crippen molar-refractivity contribution in [1.82, 2.24) is 4.90 Å². The Morgan fingerprint density at radius 3 is 2.59 bits per heavy atom. The molecule has 122 valence electrons. The minimum absolute atomic E-state index is 0.0508. The zero-order chi connectivity index (χ0) is 16.5. The van der Waals surface area contributed by atoms with Crippen LogP contribution < -0.4 is 10.5 Å². The number of carbonyl (C=O) groups is 1. The third-order valence-electron chi connectivity index (χ3n) is 4.91. The van der Waals surface area contributed by atoms with Gasteiger partial charge in [0.2, 0.25) is 5.91 Å². The van der Waals surface area contributed by atoms with Crippen LogP contribution in [0.3, 0.4) is 0 Å². The number of rotatable bonds is 3. The highest BCUT2D eigenvalue weighted by molar-refractivity contribution is 5.88. The number of hydrogen-bond acceptors (Lipinski definition) is 3. The Labute approximate surface area is 133 Å². The molecule has 0 spiro atoms. The molecule has 4 heteroatoms. The van der Waals surface area contributed by atoms with Crippen LogP contribution in [0.2, 0.25) is 0 Å². The number of piperidine rings is 1. The molecule has 1 unspecified atom stereocenters. The maximum absolute atomic E-state index is 13.1. The summed E-state index contributed by atoms with van der Waals surface area (Å²) in [5.41, 5.74) is 6.44. The Morgan fingerprint density at radius 1 is 1.36 bits per heavy atom. The van der Waals surface area contributed by atoms with Crippen LogP contribution in [-0.2, 0) is 10.2 Å². The molecule has 4 nitrogen and oxygen atoms in total. The number of methoxy groups -OCH3 is 1. The molecule has 1 atom stereocenters. The van der Waals surface area contributed by atoms with E-state index in [-0.39, 0.29) is 17.4 Å². The van der Waals surface area contributed by atoms with Gasteiger partial charge in [0.05, 0.1) is 12.5 Å². The fourth-order valence-corrected chi connectivity index (χ4v) is 3.22. The number of nitrogens with two attached hydrogens (primary N) is 1. The van der Waals surface area contributed by atoms with E-state index >= 15 is 0 Å². The number of likely N-dealkylation sites (tertiary alicyclic amines) is 1. The molecule has 1 heterocycles. The van der Waals surface area contributed by atoms with Gasteiger partial charge in [-0.2, -0.15) is 0 Å². The van der Waals surface area contributed by atoms with E-state index in [0.29, 0.717) is 6.54 Å². The highest BCUT2D eigenvalue weighted by atomic mass is 16.5. The molecule has 0 saturated carbocycles. The topological polar surface area (TPSA) is 55.6 Å². The summed E-state index contributed by atoms with van der Waals surface area (Å²) in [4.78, 5) is 15.1. The predicted octanol–water partition coefficient (Wildman–Crippen LogP) is 2.56. The summed E-state index contributed by atoms with van der Waals surface area (Å²) in [6.07, 6.45) is 0.848. The van der Waals surface area contributed by atoms with Crippen molar-refractivity contribution in [2.24, 2.45) is 11.1 Å². The van der Waals surface area contributed by atoms with Crippen molar-refractivity contribution < 1.29 is 9.53 Å². The summed E-state index contributed by atoms with van der Waals surface area (Å²) in [5.74, 6) is 0.894. The Hall–Kier alpha value is -1.55. The van der Waals surface area contributed by atoms with Gasteiger partial charge in [0, 0.05) is 24.7 Å².